The number of rotatable bonds is 9. The number of benzene rings is 1. The highest BCUT2D eigenvalue weighted by Gasteiger charge is 2.28. The molecule has 0 amide bonds. The Morgan fingerprint density at radius 2 is 1.43 bits per heavy atom. The molecule has 4 aromatic heterocycles. The van der Waals surface area contributed by atoms with E-state index in [1.165, 1.54) is 37.9 Å². The summed E-state index contributed by atoms with van der Waals surface area (Å²) in [5.74, 6) is 3.87. The van der Waals surface area contributed by atoms with Gasteiger partial charge in [-0.25, -0.2) is 0 Å². The summed E-state index contributed by atoms with van der Waals surface area (Å²) >= 11 is 3.58. The van der Waals surface area contributed by atoms with Crippen LogP contribution in [-0.4, -0.2) is 7.05 Å². The van der Waals surface area contributed by atoms with Crippen LogP contribution in [0.15, 0.2) is 63.4 Å². The molecule has 5 rings (SSSR count). The van der Waals surface area contributed by atoms with E-state index in [1.54, 1.807) is 22.7 Å². The smallest absolute Gasteiger partial charge is 0.150 e. The van der Waals surface area contributed by atoms with E-state index in [1.807, 2.05) is 26.1 Å². The van der Waals surface area contributed by atoms with Crippen LogP contribution in [0.2, 0.25) is 0 Å². The van der Waals surface area contributed by atoms with E-state index in [-0.39, 0.29) is 5.41 Å². The van der Waals surface area contributed by atoms with Crippen LogP contribution in [0.4, 0.5) is 0 Å². The molecule has 0 fully saturated rings. The molecule has 1 N–H and O–H groups in total. The molecule has 0 saturated heterocycles. The summed E-state index contributed by atoms with van der Waals surface area (Å²) in [6.45, 7) is 8.87. The summed E-state index contributed by atoms with van der Waals surface area (Å²) in [7, 11) is 1.91. The van der Waals surface area contributed by atoms with Crippen molar-refractivity contribution in [2.45, 2.75) is 58.8 Å². The normalized spacial score (nSPS) is 12.8. The maximum atomic E-state index is 6.46. The monoisotopic (exact) mass is 503 g/mol. The van der Waals surface area contributed by atoms with Crippen LogP contribution >= 0.6 is 22.7 Å². The molecule has 5 heteroatoms. The van der Waals surface area contributed by atoms with Crippen LogP contribution in [0.1, 0.15) is 64.9 Å². The zero-order chi connectivity index (χ0) is 24.6. The van der Waals surface area contributed by atoms with Crippen LogP contribution in [0.25, 0.3) is 47.1 Å². The number of thiophene rings is 2. The lowest BCUT2D eigenvalue weighted by Gasteiger charge is -2.26. The molecule has 0 aliphatic carbocycles. The fourth-order valence-corrected chi connectivity index (χ4v) is 7.22. The van der Waals surface area contributed by atoms with E-state index in [2.05, 4.69) is 68.6 Å². The number of allylic oxidation sites excluding steroid dienone is 1. The first-order chi connectivity index (χ1) is 17.0. The number of hydrogen-bond acceptors (Lipinski definition) is 5. The Balaban J connectivity index is 1.46. The summed E-state index contributed by atoms with van der Waals surface area (Å²) in [5, 5.41) is 5.70. The third-order valence-corrected chi connectivity index (χ3v) is 9.10. The Kier molecular flexibility index (Phi) is 6.65. The lowest BCUT2D eigenvalue weighted by Crippen LogP contribution is -2.20. The SMILES string of the molecule is C/C=C(/NC)c1ccc(-c2cc3cc4sc(-c5ccc(C(C)(CCC)CCC)o5)cc4cc3s2)o1. The molecule has 0 aliphatic rings. The van der Waals surface area contributed by atoms with Gasteiger partial charge in [0.15, 0.2) is 0 Å². The Hall–Kier alpha value is -2.76. The number of fused-ring (bicyclic) bond motifs is 2. The van der Waals surface area contributed by atoms with Gasteiger partial charge in [-0.2, -0.15) is 0 Å². The van der Waals surface area contributed by atoms with Crippen molar-refractivity contribution in [3.05, 3.63) is 66.1 Å². The van der Waals surface area contributed by atoms with E-state index < -0.39 is 0 Å². The highest BCUT2D eigenvalue weighted by molar-refractivity contribution is 7.23. The van der Waals surface area contributed by atoms with Crippen molar-refractivity contribution in [3.63, 3.8) is 0 Å². The lowest BCUT2D eigenvalue weighted by atomic mass is 9.79. The molecule has 0 radical (unpaired) electrons. The van der Waals surface area contributed by atoms with E-state index in [4.69, 9.17) is 8.83 Å². The van der Waals surface area contributed by atoms with E-state index in [0.29, 0.717) is 0 Å². The summed E-state index contributed by atoms with van der Waals surface area (Å²) in [6, 6.07) is 17.5. The van der Waals surface area contributed by atoms with E-state index in [9.17, 15) is 0 Å². The van der Waals surface area contributed by atoms with Crippen molar-refractivity contribution in [1.82, 2.24) is 5.32 Å². The van der Waals surface area contributed by atoms with Crippen molar-refractivity contribution in [2.24, 2.45) is 0 Å². The third kappa shape index (κ3) is 4.48. The predicted octanol–water partition coefficient (Wildman–Crippen LogP) is 10.1. The highest BCUT2D eigenvalue weighted by Crippen LogP contribution is 2.43. The van der Waals surface area contributed by atoms with E-state index in [0.717, 1.165) is 46.5 Å². The highest BCUT2D eigenvalue weighted by atomic mass is 32.1. The summed E-state index contributed by atoms with van der Waals surface area (Å²) < 4.78 is 15.1. The minimum atomic E-state index is 0.115. The van der Waals surface area contributed by atoms with Gasteiger partial charge in [0.1, 0.15) is 23.0 Å². The predicted molar refractivity (Wildman–Crippen MR) is 152 cm³/mol. The average Bonchev–Trinajstić information content (AvgIpc) is 3.63. The standard InChI is InChI=1S/C30H33NO2S2/c1-6-13-30(4,14-7-2)29-12-11-24(33-29)28-18-20-16-25-19(15-26(20)35-28)17-27(34-25)23-10-9-22(32-23)21(8-3)31-5/h8-12,15-18,31H,6-7,13-14H2,1-5H3/b21-8+. The van der Waals surface area contributed by atoms with Crippen molar-refractivity contribution in [1.29, 1.82) is 0 Å². The van der Waals surface area contributed by atoms with Crippen LogP contribution in [-0.2, 0) is 5.41 Å². The fraction of sp³-hybridized carbons (Fsp3) is 0.333. The topological polar surface area (TPSA) is 38.3 Å². The second-order valence-electron chi connectivity index (χ2n) is 9.49. The second kappa shape index (κ2) is 9.71. The van der Waals surface area contributed by atoms with Gasteiger partial charge in [0, 0.05) is 21.9 Å². The third-order valence-electron chi connectivity index (χ3n) is 6.87. The van der Waals surface area contributed by atoms with Gasteiger partial charge >= 0.3 is 0 Å². The Bertz CT molecular complexity index is 1440. The van der Waals surface area contributed by atoms with E-state index >= 15 is 0 Å². The lowest BCUT2D eigenvalue weighted by molar-refractivity contribution is 0.317. The van der Waals surface area contributed by atoms with Gasteiger partial charge < -0.3 is 14.2 Å². The minimum Gasteiger partial charge on any atom is -0.460 e. The number of furan rings is 2. The van der Waals surface area contributed by atoms with Gasteiger partial charge in [0.25, 0.3) is 0 Å². The summed E-state index contributed by atoms with van der Waals surface area (Å²) in [6.07, 6.45) is 6.66. The van der Waals surface area contributed by atoms with Crippen LogP contribution < -0.4 is 5.32 Å². The first-order valence-electron chi connectivity index (χ1n) is 12.5. The molecule has 4 heterocycles. The number of nitrogens with one attached hydrogen (secondary N) is 1. The van der Waals surface area contributed by atoms with Crippen LogP contribution in [0.5, 0.6) is 0 Å². The molecule has 0 spiro atoms. The van der Waals surface area contributed by atoms with Crippen molar-refractivity contribution in [2.75, 3.05) is 7.05 Å². The molecule has 182 valence electrons. The first-order valence-corrected chi connectivity index (χ1v) is 14.1. The zero-order valence-corrected chi connectivity index (χ0v) is 22.8. The molecule has 5 aromatic rings. The summed E-state index contributed by atoms with van der Waals surface area (Å²) in [4.78, 5) is 2.35. The average molecular weight is 504 g/mol. The fourth-order valence-electron chi connectivity index (χ4n) is 5.11. The largest absolute Gasteiger partial charge is 0.460 e. The molecule has 0 saturated carbocycles. The van der Waals surface area contributed by atoms with Gasteiger partial charge in [0.05, 0.1) is 15.5 Å². The van der Waals surface area contributed by atoms with Crippen molar-refractivity contribution < 1.29 is 8.83 Å². The molecule has 35 heavy (non-hydrogen) atoms. The zero-order valence-electron chi connectivity index (χ0n) is 21.2. The van der Waals surface area contributed by atoms with Crippen molar-refractivity contribution in [3.8, 4) is 21.3 Å². The van der Waals surface area contributed by atoms with Gasteiger partial charge in [-0.15, -0.1) is 22.7 Å². The number of hydrogen-bond donors (Lipinski definition) is 1. The van der Waals surface area contributed by atoms with Gasteiger partial charge in [-0.05, 0) is 79.1 Å². The Morgan fingerprint density at radius 3 is 1.97 bits per heavy atom. The quantitative estimate of drug-likeness (QED) is 0.217. The maximum Gasteiger partial charge on any atom is 0.150 e. The van der Waals surface area contributed by atoms with Crippen LogP contribution in [0.3, 0.4) is 0 Å². The maximum absolute atomic E-state index is 6.46. The molecule has 0 atom stereocenters. The second-order valence-corrected chi connectivity index (χ2v) is 11.7. The molecule has 0 bridgehead atoms. The van der Waals surface area contributed by atoms with Gasteiger partial charge in [-0.1, -0.05) is 39.7 Å². The summed E-state index contributed by atoms with van der Waals surface area (Å²) in [5.41, 5.74) is 1.11. The van der Waals surface area contributed by atoms with Gasteiger partial charge in [-0.3, -0.25) is 0 Å². The molecule has 0 unspecified atom stereocenters. The minimum absolute atomic E-state index is 0.115. The Labute approximate surface area is 215 Å². The first kappa shape index (κ1) is 24.0. The molecule has 1 aromatic carbocycles. The molecule has 3 nitrogen and oxygen atoms in total. The van der Waals surface area contributed by atoms with Crippen LogP contribution in [0, 0.1) is 0 Å². The van der Waals surface area contributed by atoms with Crippen molar-refractivity contribution >= 4 is 48.5 Å². The van der Waals surface area contributed by atoms with Gasteiger partial charge in [0.2, 0.25) is 0 Å². The Morgan fingerprint density at radius 1 is 0.857 bits per heavy atom. The molecule has 0 aliphatic heterocycles. The molecular formula is C30H33NO2S2. The molecular weight excluding hydrogens is 470 g/mol.